The van der Waals surface area contributed by atoms with Crippen LogP contribution in [0.5, 0.6) is 0 Å². The van der Waals surface area contributed by atoms with E-state index in [0.717, 1.165) is 135 Å². The Kier molecular flexibility index (Phi) is 55.6. The third-order valence-electron chi connectivity index (χ3n) is 15.1. The number of hydrogen-bond acceptors (Lipinski definition) is 10. The largest absolute Gasteiger partial charge is 0.466 e. The lowest BCUT2D eigenvalue weighted by Gasteiger charge is -2.28. The quantitative estimate of drug-likeness (QED) is 0.0252. The molecule has 0 aromatic rings. The van der Waals surface area contributed by atoms with E-state index in [2.05, 4.69) is 48.5 Å². The van der Waals surface area contributed by atoms with Crippen molar-refractivity contribution in [2.24, 2.45) is 5.41 Å². The van der Waals surface area contributed by atoms with E-state index >= 15 is 0 Å². The first kappa shape index (κ1) is 73.2. The Balaban J connectivity index is 4.58. The lowest BCUT2D eigenvalue weighted by atomic mass is 9.83. The maximum absolute atomic E-state index is 13.5. The van der Waals surface area contributed by atoms with Gasteiger partial charge in [0.1, 0.15) is 6.10 Å². The minimum atomic E-state index is -0.423. The Morgan fingerprint density at radius 1 is 0.333 bits per heavy atom. The van der Waals surface area contributed by atoms with E-state index in [1.807, 2.05) is 0 Å². The summed E-state index contributed by atoms with van der Waals surface area (Å²) in [5.74, 6) is -0.352. The minimum Gasteiger partial charge on any atom is -0.466 e. The van der Waals surface area contributed by atoms with Crippen molar-refractivity contribution in [1.82, 2.24) is 0 Å². The Hall–Kier alpha value is -1.75. The fraction of sp³-hybridized carbons (Fsp3) is 0.954. The smallest absolute Gasteiger partial charge is 0.312 e. The molecular formula is C65H126O10. The Morgan fingerprint density at radius 2 is 0.613 bits per heavy atom. The molecular weight excluding hydrogens is 941 g/mol. The second kappa shape index (κ2) is 57.0. The maximum Gasteiger partial charge on any atom is 0.312 e. The summed E-state index contributed by atoms with van der Waals surface area (Å²) in [6, 6.07) is 0. The molecule has 0 N–H and O–H groups in total. The SMILES string of the molecule is CCCCCCCCOC(CCC(=O)OCCCCCCCCC(CCCCCCCCOC(=O)CCC(OCCCCCCCC)OCCCCCCCC)OC(=O)C(C)(CC)CCC)OCCCCCCCC. The molecule has 0 bridgehead atoms. The normalized spacial score (nSPS) is 12.6. The first-order chi connectivity index (χ1) is 36.7. The Morgan fingerprint density at radius 3 is 0.907 bits per heavy atom. The van der Waals surface area contributed by atoms with Gasteiger partial charge in [-0.3, -0.25) is 14.4 Å². The van der Waals surface area contributed by atoms with E-state index in [1.54, 1.807) is 0 Å². The van der Waals surface area contributed by atoms with Gasteiger partial charge in [0.15, 0.2) is 12.6 Å². The lowest BCUT2D eigenvalue weighted by molar-refractivity contribution is -0.162. The van der Waals surface area contributed by atoms with Gasteiger partial charge in [0, 0.05) is 39.3 Å². The summed E-state index contributed by atoms with van der Waals surface area (Å²) >= 11 is 0. The molecule has 0 rings (SSSR count). The number of unbranched alkanes of at least 4 members (excludes halogenated alkanes) is 30. The predicted octanol–water partition coefficient (Wildman–Crippen LogP) is 19.4. The highest BCUT2D eigenvalue weighted by atomic mass is 16.7. The van der Waals surface area contributed by atoms with Crippen molar-refractivity contribution < 1.29 is 47.5 Å². The molecule has 1 atom stereocenters. The highest BCUT2D eigenvalue weighted by Crippen LogP contribution is 2.31. The fourth-order valence-electron chi connectivity index (χ4n) is 9.70. The third-order valence-corrected chi connectivity index (χ3v) is 15.1. The number of carbonyl (C=O) groups excluding carboxylic acids is 3. The van der Waals surface area contributed by atoms with Crippen LogP contribution in [-0.2, 0) is 47.5 Å². The number of hydrogen-bond donors (Lipinski definition) is 0. The molecule has 0 aliphatic heterocycles. The van der Waals surface area contributed by atoms with E-state index in [0.29, 0.717) is 65.3 Å². The van der Waals surface area contributed by atoms with Crippen LogP contribution in [0.3, 0.4) is 0 Å². The van der Waals surface area contributed by atoms with Crippen molar-refractivity contribution in [3.05, 3.63) is 0 Å². The highest BCUT2D eigenvalue weighted by molar-refractivity contribution is 5.76. The molecule has 0 amide bonds. The van der Waals surface area contributed by atoms with Gasteiger partial charge in [0.05, 0.1) is 31.5 Å². The average Bonchev–Trinajstić information content (AvgIpc) is 3.41. The summed E-state index contributed by atoms with van der Waals surface area (Å²) in [5.41, 5.74) is -0.423. The number of esters is 3. The standard InChI is InChI=1S/C65H126O10/c1-8-14-18-22-32-42-55-71-62(72-56-43-33-23-19-15-9-2)50-48-60(66)69-53-40-36-28-26-30-38-46-59(75-64(68)65(7,13-6)52-12-5)47-39-31-27-29-37-41-54-70-61(67)49-51-63(73-57-44-34-24-20-16-10-3)74-58-45-35-25-21-17-11-4/h59,62-63H,8-58H2,1-7H3. The van der Waals surface area contributed by atoms with Crippen LogP contribution in [0.4, 0.5) is 0 Å². The van der Waals surface area contributed by atoms with E-state index in [1.165, 1.54) is 128 Å². The summed E-state index contributed by atoms with van der Waals surface area (Å²) in [6.45, 7) is 18.9. The van der Waals surface area contributed by atoms with Crippen LogP contribution in [0.2, 0.25) is 0 Å². The summed E-state index contributed by atoms with van der Waals surface area (Å²) < 4.78 is 42.0. The molecule has 0 saturated carbocycles. The molecule has 0 heterocycles. The third kappa shape index (κ3) is 49.1. The second-order valence-corrected chi connectivity index (χ2v) is 22.4. The zero-order chi connectivity index (χ0) is 55.0. The molecule has 0 fully saturated rings. The van der Waals surface area contributed by atoms with Gasteiger partial charge in [-0.05, 0) is 84.0 Å². The van der Waals surface area contributed by atoms with Crippen molar-refractivity contribution in [3.8, 4) is 0 Å². The summed E-state index contributed by atoms with van der Waals surface area (Å²) in [6.07, 6.45) is 47.3. The predicted molar refractivity (Wildman–Crippen MR) is 313 cm³/mol. The first-order valence-electron chi connectivity index (χ1n) is 32.7. The molecule has 0 aromatic heterocycles. The van der Waals surface area contributed by atoms with E-state index < -0.39 is 5.41 Å². The van der Waals surface area contributed by atoms with Crippen LogP contribution in [0, 0.1) is 5.41 Å². The Labute approximate surface area is 464 Å². The summed E-state index contributed by atoms with van der Waals surface area (Å²) in [4.78, 5) is 38.8. The Bertz CT molecular complexity index is 1100. The molecule has 0 aromatic carbocycles. The van der Waals surface area contributed by atoms with Gasteiger partial charge in [-0.25, -0.2) is 0 Å². The minimum absolute atomic E-state index is 0.0326. The number of rotatable bonds is 61. The van der Waals surface area contributed by atoms with Crippen molar-refractivity contribution >= 4 is 17.9 Å². The topological polar surface area (TPSA) is 116 Å². The maximum atomic E-state index is 13.5. The van der Waals surface area contributed by atoms with Gasteiger partial charge in [-0.1, -0.05) is 228 Å². The zero-order valence-corrected chi connectivity index (χ0v) is 50.9. The van der Waals surface area contributed by atoms with Crippen molar-refractivity contribution in [1.29, 1.82) is 0 Å². The van der Waals surface area contributed by atoms with Gasteiger partial charge >= 0.3 is 17.9 Å². The van der Waals surface area contributed by atoms with Gasteiger partial charge in [0.25, 0.3) is 0 Å². The van der Waals surface area contributed by atoms with Crippen molar-refractivity contribution in [2.45, 2.75) is 356 Å². The van der Waals surface area contributed by atoms with Crippen LogP contribution in [-0.4, -0.2) is 76.2 Å². The van der Waals surface area contributed by atoms with E-state index in [-0.39, 0.29) is 36.6 Å². The van der Waals surface area contributed by atoms with Crippen LogP contribution >= 0.6 is 0 Å². The van der Waals surface area contributed by atoms with Crippen molar-refractivity contribution in [2.75, 3.05) is 39.6 Å². The van der Waals surface area contributed by atoms with Gasteiger partial charge in [-0.15, -0.1) is 0 Å². The van der Waals surface area contributed by atoms with Gasteiger partial charge < -0.3 is 33.2 Å². The van der Waals surface area contributed by atoms with E-state index in [4.69, 9.17) is 33.2 Å². The molecule has 446 valence electrons. The number of carbonyl (C=O) groups is 3. The summed E-state index contributed by atoms with van der Waals surface area (Å²) in [7, 11) is 0. The second-order valence-electron chi connectivity index (χ2n) is 22.4. The van der Waals surface area contributed by atoms with Crippen LogP contribution in [0.1, 0.15) is 337 Å². The monoisotopic (exact) mass is 1070 g/mol. The zero-order valence-electron chi connectivity index (χ0n) is 50.9. The molecule has 75 heavy (non-hydrogen) atoms. The molecule has 1 unspecified atom stereocenters. The molecule has 0 aliphatic carbocycles. The van der Waals surface area contributed by atoms with Gasteiger partial charge in [0.2, 0.25) is 0 Å². The molecule has 10 nitrogen and oxygen atoms in total. The van der Waals surface area contributed by atoms with Crippen LogP contribution in [0.15, 0.2) is 0 Å². The fourth-order valence-corrected chi connectivity index (χ4v) is 9.70. The van der Waals surface area contributed by atoms with Crippen molar-refractivity contribution in [3.63, 3.8) is 0 Å². The molecule has 0 radical (unpaired) electrons. The van der Waals surface area contributed by atoms with E-state index in [9.17, 15) is 14.4 Å². The number of ether oxygens (including phenoxy) is 7. The van der Waals surface area contributed by atoms with Crippen LogP contribution in [0.25, 0.3) is 0 Å². The first-order valence-corrected chi connectivity index (χ1v) is 32.7. The molecule has 0 aliphatic rings. The summed E-state index contributed by atoms with van der Waals surface area (Å²) in [5, 5.41) is 0. The molecule has 0 spiro atoms. The van der Waals surface area contributed by atoms with Crippen LogP contribution < -0.4 is 0 Å². The van der Waals surface area contributed by atoms with Gasteiger partial charge in [-0.2, -0.15) is 0 Å². The molecule has 0 saturated heterocycles. The highest BCUT2D eigenvalue weighted by Gasteiger charge is 2.33. The lowest BCUT2D eigenvalue weighted by Crippen LogP contribution is -2.32. The average molecular weight is 1070 g/mol. The molecule has 10 heteroatoms.